The molecule has 0 bridgehead atoms. The van der Waals surface area contributed by atoms with Crippen LogP contribution in [0, 0.1) is 6.92 Å². The van der Waals surface area contributed by atoms with Gasteiger partial charge in [-0.3, -0.25) is 0 Å². The van der Waals surface area contributed by atoms with Crippen LogP contribution in [-0.2, 0) is 0 Å². The number of fused-ring (bicyclic) bond motifs is 2. The topological polar surface area (TPSA) is 83.7 Å². The van der Waals surface area contributed by atoms with Crippen molar-refractivity contribution in [3.8, 4) is 0 Å². The molecule has 0 saturated heterocycles. The molecule has 0 unspecified atom stereocenters. The Kier molecular flexibility index (Phi) is 5.78. The van der Waals surface area contributed by atoms with Crippen LogP contribution in [0.25, 0.3) is 5.57 Å². The number of hydrogen-bond donors (Lipinski definition) is 1. The second kappa shape index (κ2) is 8.21. The van der Waals surface area contributed by atoms with Crippen molar-refractivity contribution < 1.29 is 24.4 Å². The van der Waals surface area contributed by atoms with Crippen molar-refractivity contribution in [3.05, 3.63) is 73.6 Å². The van der Waals surface area contributed by atoms with E-state index in [4.69, 9.17) is 0 Å². The maximum atomic E-state index is 12.3. The van der Waals surface area contributed by atoms with Crippen molar-refractivity contribution in [1.82, 2.24) is 0 Å². The van der Waals surface area contributed by atoms with Gasteiger partial charge in [0.1, 0.15) is 27.0 Å². The van der Waals surface area contributed by atoms with Crippen LogP contribution in [0.1, 0.15) is 36.0 Å². The molecular weight excluding hydrogens is 464 g/mol. The molecule has 0 saturated carbocycles. The summed E-state index contributed by atoms with van der Waals surface area (Å²) in [7, 11) is 5.80. The molecule has 2 aliphatic rings. The minimum atomic E-state index is -2.19. The number of aryl methyl sites for hydroxylation is 1. The normalized spacial score (nSPS) is 16.1. The lowest BCUT2D eigenvalue weighted by molar-refractivity contribution is -0.462. The van der Waals surface area contributed by atoms with Gasteiger partial charge in [-0.15, -0.1) is 11.3 Å². The first kappa shape index (κ1) is 23.9. The lowest BCUT2D eigenvalue weighted by Gasteiger charge is -2.38. The molecule has 6 nitrogen and oxygen atoms in total. The van der Waals surface area contributed by atoms with E-state index in [0.717, 1.165) is 39.4 Å². The quantitative estimate of drug-likeness (QED) is 0.524. The maximum absolute atomic E-state index is 12.3. The maximum Gasteiger partial charge on any atom is 0.346 e. The smallest absolute Gasteiger partial charge is 0.346 e. The van der Waals surface area contributed by atoms with Gasteiger partial charge in [0, 0.05) is 47.9 Å². The summed E-state index contributed by atoms with van der Waals surface area (Å²) in [5.41, 5.74) is 5.05. The van der Waals surface area contributed by atoms with E-state index < -0.39 is 20.0 Å². The first-order valence-electron chi connectivity index (χ1n) is 11.0. The number of aromatic carboxylic acids is 2. The minimum Gasteiger partial charge on any atom is -0.545 e. The Labute approximate surface area is 204 Å². The number of carbonyl (C=O) groups excluding carboxylic acids is 1. The fourth-order valence-electron chi connectivity index (χ4n) is 4.84. The van der Waals surface area contributed by atoms with Gasteiger partial charge in [-0.05, 0) is 52.2 Å². The highest BCUT2D eigenvalue weighted by Crippen LogP contribution is 2.45. The van der Waals surface area contributed by atoms with Crippen LogP contribution in [0.2, 0.25) is 13.1 Å². The van der Waals surface area contributed by atoms with E-state index in [1.165, 1.54) is 10.4 Å². The van der Waals surface area contributed by atoms with Crippen LogP contribution >= 0.6 is 11.3 Å². The molecule has 1 aromatic carbocycles. The number of carbonyl (C=O) groups is 2. The van der Waals surface area contributed by atoms with E-state index >= 15 is 0 Å². The zero-order valence-electron chi connectivity index (χ0n) is 20.4. The van der Waals surface area contributed by atoms with Crippen LogP contribution < -0.4 is 15.2 Å². The van der Waals surface area contributed by atoms with E-state index in [-0.39, 0.29) is 10.4 Å². The number of anilines is 1. The predicted molar refractivity (Wildman–Crippen MR) is 139 cm³/mol. The number of benzene rings is 1. The monoisotopic (exact) mass is 492 g/mol. The van der Waals surface area contributed by atoms with E-state index in [0.29, 0.717) is 10.4 Å². The molecule has 4 rings (SSSR count). The van der Waals surface area contributed by atoms with Crippen LogP contribution in [0.4, 0.5) is 5.69 Å². The highest BCUT2D eigenvalue weighted by atomic mass is 32.1. The molecule has 2 heterocycles. The molecule has 0 radical (unpaired) electrons. The first-order chi connectivity index (χ1) is 15.9. The van der Waals surface area contributed by atoms with Gasteiger partial charge in [0.25, 0.3) is 0 Å². The Balaban J connectivity index is 2.19. The standard InChI is InChI=1S/C26H28N2O4SSi/c1-14-21(23(25(29)30)24(33-14)26(31)32)22-17-10-8-15(27(2)3)12-19(17)34(6,7)20-13-16(28(4)5)9-11-18(20)22/h8-13H,1-7H3,(H-,29,30,31,32). The highest BCUT2D eigenvalue weighted by molar-refractivity contribution is 7.14. The number of allylic oxidation sites excluding steroid dienone is 5. The summed E-state index contributed by atoms with van der Waals surface area (Å²) in [5, 5.41) is 24.4. The molecule has 8 heteroatoms. The second-order valence-corrected chi connectivity index (χ2v) is 15.1. The van der Waals surface area contributed by atoms with E-state index in [2.05, 4.69) is 34.7 Å². The molecule has 0 amide bonds. The Hall–Kier alpha value is -3.23. The fraction of sp³-hybridized carbons (Fsp3) is 0.269. The van der Waals surface area contributed by atoms with Gasteiger partial charge in [-0.1, -0.05) is 19.2 Å². The SMILES string of the molecule is Cc1sc(C(=O)O)c(C(=O)[O-])c1C1=C2C=CC(=[N+](C)C)C=C2[Si](C)(C)c2cc(N(C)C)ccc21. The van der Waals surface area contributed by atoms with Gasteiger partial charge in [0.15, 0.2) is 5.71 Å². The Morgan fingerprint density at radius 1 is 1.15 bits per heavy atom. The average Bonchev–Trinajstić information content (AvgIpc) is 3.11. The van der Waals surface area contributed by atoms with Crippen LogP contribution in [-0.4, -0.2) is 63.6 Å². The summed E-state index contributed by atoms with van der Waals surface area (Å²) in [5.74, 6) is -2.72. The van der Waals surface area contributed by atoms with Gasteiger partial charge < -0.3 is 19.9 Å². The van der Waals surface area contributed by atoms with Crippen molar-refractivity contribution in [2.45, 2.75) is 20.0 Å². The molecule has 1 N–H and O–H groups in total. The second-order valence-electron chi connectivity index (χ2n) is 9.58. The minimum absolute atomic E-state index is 0.194. The molecule has 2 aromatic rings. The Morgan fingerprint density at radius 3 is 2.38 bits per heavy atom. The number of hydrogen-bond acceptors (Lipinski definition) is 5. The molecule has 0 fully saturated rings. The summed E-state index contributed by atoms with van der Waals surface area (Å²) in [6.45, 7) is 6.40. The summed E-state index contributed by atoms with van der Waals surface area (Å²) in [6, 6.07) is 6.28. The summed E-state index contributed by atoms with van der Waals surface area (Å²) >= 11 is 0.990. The third kappa shape index (κ3) is 3.57. The van der Waals surface area contributed by atoms with Crippen molar-refractivity contribution >= 4 is 53.5 Å². The van der Waals surface area contributed by atoms with Gasteiger partial charge in [0.05, 0.1) is 5.97 Å². The lowest BCUT2D eigenvalue weighted by atomic mass is 9.87. The average molecular weight is 493 g/mol. The zero-order valence-corrected chi connectivity index (χ0v) is 22.3. The zero-order chi connectivity index (χ0) is 25.1. The van der Waals surface area contributed by atoms with E-state index in [9.17, 15) is 19.8 Å². The number of carboxylic acids is 2. The van der Waals surface area contributed by atoms with Crippen LogP contribution in [0.15, 0.2) is 47.2 Å². The highest BCUT2D eigenvalue weighted by Gasteiger charge is 2.41. The molecular formula is C26H28N2O4SSi. The van der Waals surface area contributed by atoms with Crippen molar-refractivity contribution in [2.75, 3.05) is 33.1 Å². The molecule has 0 atom stereocenters. The van der Waals surface area contributed by atoms with Crippen LogP contribution in [0.3, 0.4) is 0 Å². The van der Waals surface area contributed by atoms with E-state index in [1.54, 1.807) is 6.92 Å². The number of rotatable bonds is 4. The summed E-state index contributed by atoms with van der Waals surface area (Å²) in [6.07, 6.45) is 6.28. The largest absolute Gasteiger partial charge is 0.545 e. The predicted octanol–water partition coefficient (Wildman–Crippen LogP) is 2.66. The summed E-state index contributed by atoms with van der Waals surface area (Å²) < 4.78 is 2.06. The first-order valence-corrected chi connectivity index (χ1v) is 14.8. The molecule has 1 aliphatic heterocycles. The van der Waals surface area contributed by atoms with Crippen molar-refractivity contribution in [3.63, 3.8) is 0 Å². The van der Waals surface area contributed by atoms with E-state index in [1.807, 2.05) is 52.5 Å². The van der Waals surface area contributed by atoms with Gasteiger partial charge >= 0.3 is 5.97 Å². The number of thiophene rings is 1. The molecule has 0 spiro atoms. The number of carboxylic acid groups (broad SMARTS) is 2. The van der Waals surface area contributed by atoms with Crippen molar-refractivity contribution in [2.24, 2.45) is 0 Å². The number of nitrogens with zero attached hydrogens (tertiary/aromatic N) is 2. The van der Waals surface area contributed by atoms with Gasteiger partial charge in [-0.2, -0.15) is 0 Å². The third-order valence-electron chi connectivity index (χ3n) is 6.66. The lowest BCUT2D eigenvalue weighted by Crippen LogP contribution is -2.50. The third-order valence-corrected chi connectivity index (χ3v) is 11.3. The Morgan fingerprint density at radius 2 is 1.82 bits per heavy atom. The van der Waals surface area contributed by atoms with Crippen LogP contribution in [0.5, 0.6) is 0 Å². The Bertz CT molecular complexity index is 1390. The molecule has 1 aliphatic carbocycles. The van der Waals surface area contributed by atoms with Gasteiger partial charge in [0.2, 0.25) is 0 Å². The fourth-order valence-corrected chi connectivity index (χ4v) is 8.90. The molecule has 176 valence electrons. The van der Waals surface area contributed by atoms with Gasteiger partial charge in [-0.25, -0.2) is 9.37 Å². The molecule has 1 aromatic heterocycles. The summed E-state index contributed by atoms with van der Waals surface area (Å²) in [4.78, 5) is 26.7. The molecule has 34 heavy (non-hydrogen) atoms. The van der Waals surface area contributed by atoms with Crippen molar-refractivity contribution in [1.29, 1.82) is 0 Å².